The summed E-state index contributed by atoms with van der Waals surface area (Å²) < 4.78 is 10.7. The Balaban J connectivity index is 1.54. The predicted molar refractivity (Wildman–Crippen MR) is 150 cm³/mol. The van der Waals surface area contributed by atoms with E-state index in [0.717, 1.165) is 5.56 Å². The maximum absolute atomic E-state index is 13.3. The van der Waals surface area contributed by atoms with Crippen LogP contribution >= 0.6 is 35.0 Å². The Morgan fingerprint density at radius 1 is 1.03 bits per heavy atom. The number of nitrogens with one attached hydrogen (secondary N) is 1. The molecule has 1 aliphatic rings. The van der Waals surface area contributed by atoms with Crippen molar-refractivity contribution in [3.8, 4) is 11.5 Å². The minimum atomic E-state index is -0.662. The number of halogens is 2. The molecule has 2 amide bonds. The third-order valence-corrected chi connectivity index (χ3v) is 7.24. The van der Waals surface area contributed by atoms with E-state index in [9.17, 15) is 9.59 Å². The fourth-order valence-corrected chi connectivity index (χ4v) is 5.45. The third-order valence-electron chi connectivity index (χ3n) is 5.62. The molecule has 1 saturated heterocycles. The van der Waals surface area contributed by atoms with E-state index < -0.39 is 5.25 Å². The summed E-state index contributed by atoms with van der Waals surface area (Å²) in [5.74, 6) is 0.752. The molecule has 3 aromatic carbocycles. The Morgan fingerprint density at radius 2 is 1.73 bits per heavy atom. The van der Waals surface area contributed by atoms with Gasteiger partial charge in [-0.3, -0.25) is 14.5 Å². The van der Waals surface area contributed by atoms with E-state index in [1.165, 1.54) is 11.8 Å². The first-order valence-corrected chi connectivity index (χ1v) is 13.1. The molecule has 1 N–H and O–H groups in total. The first-order valence-electron chi connectivity index (χ1n) is 11.4. The number of ether oxygens (including phenoxy) is 2. The van der Waals surface area contributed by atoms with E-state index in [1.807, 2.05) is 48.5 Å². The molecule has 0 aromatic heterocycles. The van der Waals surface area contributed by atoms with Crippen molar-refractivity contribution in [3.05, 3.63) is 82.3 Å². The highest BCUT2D eigenvalue weighted by molar-refractivity contribution is 8.15. The molecule has 7 nitrogen and oxygen atoms in total. The van der Waals surface area contributed by atoms with E-state index in [2.05, 4.69) is 5.32 Å². The van der Waals surface area contributed by atoms with Crippen LogP contribution in [0.3, 0.4) is 0 Å². The Morgan fingerprint density at radius 3 is 2.41 bits per heavy atom. The molecule has 1 fully saturated rings. The summed E-state index contributed by atoms with van der Waals surface area (Å²) in [6, 6.07) is 19.8. The number of hydrogen-bond acceptors (Lipinski definition) is 6. The van der Waals surface area contributed by atoms with Crippen LogP contribution in [0.4, 0.5) is 11.4 Å². The van der Waals surface area contributed by atoms with Crippen LogP contribution in [0.15, 0.2) is 71.7 Å². The second-order valence-corrected chi connectivity index (χ2v) is 10.2. The quantitative estimate of drug-likeness (QED) is 0.356. The van der Waals surface area contributed by atoms with Gasteiger partial charge in [-0.1, -0.05) is 59.2 Å². The van der Waals surface area contributed by atoms with Crippen LogP contribution in [0, 0.1) is 0 Å². The van der Waals surface area contributed by atoms with Gasteiger partial charge in [0.1, 0.15) is 5.25 Å². The Bertz CT molecular complexity index is 1300. The van der Waals surface area contributed by atoms with Crippen LogP contribution in [-0.2, 0) is 16.0 Å². The van der Waals surface area contributed by atoms with E-state index in [-0.39, 0.29) is 18.2 Å². The van der Waals surface area contributed by atoms with Gasteiger partial charge in [0.15, 0.2) is 16.7 Å². The predicted octanol–water partition coefficient (Wildman–Crippen LogP) is 6.21. The van der Waals surface area contributed by atoms with Gasteiger partial charge in [-0.05, 0) is 54.4 Å². The van der Waals surface area contributed by atoms with E-state index in [1.54, 1.807) is 37.3 Å². The van der Waals surface area contributed by atoms with Gasteiger partial charge in [-0.15, -0.1) is 0 Å². The monoisotopic (exact) mass is 557 g/mol. The highest BCUT2D eigenvalue weighted by Gasteiger charge is 2.36. The first kappa shape index (κ1) is 26.9. The Labute approximate surface area is 229 Å². The van der Waals surface area contributed by atoms with E-state index >= 15 is 0 Å². The lowest BCUT2D eigenvalue weighted by molar-refractivity contribution is -0.129. The molecule has 0 spiro atoms. The molecule has 37 heavy (non-hydrogen) atoms. The maximum Gasteiger partial charge on any atom is 0.238 e. The zero-order valence-corrected chi connectivity index (χ0v) is 22.6. The van der Waals surface area contributed by atoms with Crippen LogP contribution in [0.2, 0.25) is 10.0 Å². The summed E-state index contributed by atoms with van der Waals surface area (Å²) in [6.45, 7) is 0.394. The van der Waals surface area contributed by atoms with Gasteiger partial charge in [-0.2, -0.15) is 0 Å². The maximum atomic E-state index is 13.3. The number of aliphatic imine (C=N–C) groups is 1. The fourth-order valence-electron chi connectivity index (χ4n) is 3.80. The van der Waals surface area contributed by atoms with Crippen molar-refractivity contribution < 1.29 is 19.1 Å². The molecule has 1 atom stereocenters. The average molecular weight is 558 g/mol. The molecule has 0 radical (unpaired) electrons. The summed E-state index contributed by atoms with van der Waals surface area (Å²) in [4.78, 5) is 32.7. The summed E-state index contributed by atoms with van der Waals surface area (Å²) in [7, 11) is 3.17. The number of methoxy groups -OCH3 is 2. The third kappa shape index (κ3) is 6.97. The molecule has 1 unspecified atom stereocenters. The molecule has 0 saturated carbocycles. The molecule has 4 rings (SSSR count). The number of thioether (sulfide) groups is 1. The summed E-state index contributed by atoms with van der Waals surface area (Å²) in [5.41, 5.74) is 2.14. The van der Waals surface area contributed by atoms with Crippen molar-refractivity contribution in [3.63, 3.8) is 0 Å². The van der Waals surface area contributed by atoms with Gasteiger partial charge in [-0.25, -0.2) is 4.99 Å². The van der Waals surface area contributed by atoms with E-state index in [4.69, 9.17) is 37.7 Å². The van der Waals surface area contributed by atoms with Crippen LogP contribution in [0.5, 0.6) is 11.5 Å². The lowest BCUT2D eigenvalue weighted by Gasteiger charge is -2.32. The zero-order chi connectivity index (χ0) is 26.4. The van der Waals surface area contributed by atoms with Gasteiger partial charge < -0.3 is 14.8 Å². The molecule has 1 heterocycles. The number of amides is 2. The minimum Gasteiger partial charge on any atom is -0.493 e. The number of anilines is 1. The van der Waals surface area contributed by atoms with E-state index in [0.29, 0.717) is 51.1 Å². The van der Waals surface area contributed by atoms with Crippen molar-refractivity contribution in [1.29, 1.82) is 0 Å². The lowest BCUT2D eigenvalue weighted by atomic mass is 10.1. The number of benzene rings is 3. The second kappa shape index (κ2) is 12.4. The van der Waals surface area contributed by atoms with Crippen molar-refractivity contribution in [2.24, 2.45) is 4.99 Å². The SMILES string of the molecule is COc1ccc(CCN2C(=O)CC(C(=O)Nc3cc(Cl)cc(Cl)c3)SC2=Nc2ccccc2)cc1OC. The largest absolute Gasteiger partial charge is 0.493 e. The van der Waals surface area contributed by atoms with Crippen molar-refractivity contribution in [2.75, 3.05) is 26.1 Å². The topological polar surface area (TPSA) is 80.2 Å². The lowest BCUT2D eigenvalue weighted by Crippen LogP contribution is -2.46. The van der Waals surface area contributed by atoms with Crippen molar-refractivity contribution >= 4 is 63.3 Å². The van der Waals surface area contributed by atoms with Crippen LogP contribution in [0.25, 0.3) is 0 Å². The summed E-state index contributed by atoms with van der Waals surface area (Å²) >= 11 is 13.4. The summed E-state index contributed by atoms with van der Waals surface area (Å²) in [6.07, 6.45) is 0.600. The molecule has 1 aliphatic heterocycles. The average Bonchev–Trinajstić information content (AvgIpc) is 2.87. The van der Waals surface area contributed by atoms with Crippen LogP contribution in [-0.4, -0.2) is 47.9 Å². The van der Waals surface area contributed by atoms with Crippen molar-refractivity contribution in [1.82, 2.24) is 4.90 Å². The van der Waals surface area contributed by atoms with Gasteiger partial charge in [0, 0.05) is 28.7 Å². The normalized spacial score (nSPS) is 16.5. The number of amidine groups is 1. The highest BCUT2D eigenvalue weighted by atomic mass is 35.5. The van der Waals surface area contributed by atoms with Gasteiger partial charge in [0.2, 0.25) is 11.8 Å². The molecule has 192 valence electrons. The zero-order valence-electron chi connectivity index (χ0n) is 20.2. The minimum absolute atomic E-state index is 0.0323. The standard InChI is InChI=1S/C27H25Cl2N3O4S/c1-35-22-9-8-17(12-23(22)36-2)10-11-32-25(33)16-24(37-27(32)31-20-6-4-3-5-7-20)26(34)30-21-14-18(28)13-19(29)15-21/h3-9,12-15,24H,10-11,16H2,1-2H3,(H,30,34). The van der Waals surface area contributed by atoms with Crippen LogP contribution in [0.1, 0.15) is 12.0 Å². The number of carbonyl (C=O) groups is 2. The highest BCUT2D eigenvalue weighted by Crippen LogP contribution is 2.32. The molecule has 3 aromatic rings. The second-order valence-electron chi connectivity index (χ2n) is 8.17. The number of carbonyl (C=O) groups excluding carboxylic acids is 2. The van der Waals surface area contributed by atoms with Crippen molar-refractivity contribution in [2.45, 2.75) is 18.1 Å². The van der Waals surface area contributed by atoms with Gasteiger partial charge in [0.25, 0.3) is 0 Å². The number of nitrogens with zero attached hydrogens (tertiary/aromatic N) is 2. The molecule has 0 aliphatic carbocycles. The number of para-hydroxylation sites is 1. The number of rotatable bonds is 8. The Kier molecular flexibility index (Phi) is 8.97. The molecule has 10 heteroatoms. The smallest absolute Gasteiger partial charge is 0.238 e. The number of hydrogen-bond donors (Lipinski definition) is 1. The Hall–Kier alpha value is -3.20. The van der Waals surface area contributed by atoms with Crippen LogP contribution < -0.4 is 14.8 Å². The van der Waals surface area contributed by atoms with Gasteiger partial charge >= 0.3 is 0 Å². The first-order chi connectivity index (χ1) is 17.9. The van der Waals surface area contributed by atoms with Gasteiger partial charge in [0.05, 0.1) is 19.9 Å². The summed E-state index contributed by atoms with van der Waals surface area (Å²) in [5, 5.41) is 3.43. The fraction of sp³-hybridized carbons (Fsp3) is 0.222. The molecular formula is C27H25Cl2N3O4S. The molecular weight excluding hydrogens is 533 g/mol. The molecule has 0 bridgehead atoms.